The normalized spacial score (nSPS) is 11.1. The number of furan rings is 1. The zero-order chi connectivity index (χ0) is 21.0. The molecule has 3 rings (SSSR count). The molecule has 0 bridgehead atoms. The molecule has 3 aromatic heterocycles. The lowest BCUT2D eigenvalue weighted by atomic mass is 10.1. The van der Waals surface area contributed by atoms with Crippen LogP contribution < -0.4 is 10.6 Å². The highest BCUT2D eigenvalue weighted by atomic mass is 16.5. The van der Waals surface area contributed by atoms with Gasteiger partial charge in [-0.05, 0) is 31.4 Å². The topological polar surface area (TPSA) is 98.4 Å². The van der Waals surface area contributed by atoms with Crippen LogP contribution in [0.1, 0.15) is 48.0 Å². The minimum absolute atomic E-state index is 0.258. The Balaban J connectivity index is 2.07. The van der Waals surface area contributed by atoms with E-state index in [0.29, 0.717) is 34.7 Å². The maximum absolute atomic E-state index is 12.6. The van der Waals surface area contributed by atoms with Crippen LogP contribution in [-0.4, -0.2) is 35.1 Å². The van der Waals surface area contributed by atoms with Gasteiger partial charge in [-0.15, -0.1) is 0 Å². The predicted molar refractivity (Wildman–Crippen MR) is 111 cm³/mol. The van der Waals surface area contributed by atoms with Crippen LogP contribution in [0, 0.1) is 5.92 Å². The van der Waals surface area contributed by atoms with Gasteiger partial charge >= 0.3 is 5.97 Å². The van der Waals surface area contributed by atoms with Crippen molar-refractivity contribution in [3.63, 3.8) is 0 Å². The van der Waals surface area contributed by atoms with Gasteiger partial charge in [0.15, 0.2) is 5.69 Å². The van der Waals surface area contributed by atoms with Crippen molar-refractivity contribution in [3.05, 3.63) is 42.1 Å². The zero-order valence-corrected chi connectivity index (χ0v) is 17.1. The van der Waals surface area contributed by atoms with E-state index in [1.54, 1.807) is 16.8 Å². The molecule has 0 unspecified atom stereocenters. The van der Waals surface area contributed by atoms with E-state index in [4.69, 9.17) is 9.15 Å². The molecule has 2 N–H and O–H groups in total. The molecular formula is C21H26N4O4. The molecule has 0 aliphatic heterocycles. The van der Waals surface area contributed by atoms with Crippen molar-refractivity contribution in [1.82, 2.24) is 9.55 Å². The Hall–Kier alpha value is -3.29. The van der Waals surface area contributed by atoms with Gasteiger partial charge in [-0.25, -0.2) is 9.78 Å². The summed E-state index contributed by atoms with van der Waals surface area (Å²) in [7, 11) is 1.31. The molecule has 3 heterocycles. The highest BCUT2D eigenvalue weighted by molar-refractivity contribution is 6.14. The van der Waals surface area contributed by atoms with Crippen molar-refractivity contribution in [2.24, 2.45) is 5.92 Å². The van der Waals surface area contributed by atoms with Gasteiger partial charge in [0.25, 0.3) is 5.91 Å². The smallest absolute Gasteiger partial charge is 0.356 e. The summed E-state index contributed by atoms with van der Waals surface area (Å²) in [6.07, 6.45) is 5.52. The molecule has 0 saturated heterocycles. The number of amides is 1. The summed E-state index contributed by atoms with van der Waals surface area (Å²) in [5.41, 5.74) is 2.41. The molecule has 0 aromatic carbocycles. The Kier molecular flexibility index (Phi) is 6.21. The monoisotopic (exact) mass is 398 g/mol. The molecule has 8 heteroatoms. The van der Waals surface area contributed by atoms with Crippen molar-refractivity contribution >= 4 is 34.3 Å². The van der Waals surface area contributed by atoms with Gasteiger partial charge in [0.2, 0.25) is 0 Å². The number of carbonyl (C=O) groups is 2. The number of methoxy groups -OCH3 is 1. The SMILES string of the molecule is CCn1c(C(=O)OC)c(NC(=O)c2ccoc2)c2cc(NCCC(C)C)cnc21. The molecule has 8 nitrogen and oxygen atoms in total. The average Bonchev–Trinajstić information content (AvgIpc) is 3.34. The van der Waals surface area contributed by atoms with Gasteiger partial charge in [-0.2, -0.15) is 0 Å². The lowest BCUT2D eigenvalue weighted by Gasteiger charge is -2.09. The average molecular weight is 398 g/mol. The first kappa shape index (κ1) is 20.4. The Morgan fingerprint density at radius 2 is 2.14 bits per heavy atom. The summed E-state index contributed by atoms with van der Waals surface area (Å²) in [5.74, 6) is -0.338. The van der Waals surface area contributed by atoms with Crippen molar-refractivity contribution in [1.29, 1.82) is 0 Å². The van der Waals surface area contributed by atoms with Crippen molar-refractivity contribution < 1.29 is 18.7 Å². The van der Waals surface area contributed by atoms with E-state index in [2.05, 4.69) is 29.5 Å². The van der Waals surface area contributed by atoms with Crippen LogP contribution in [0.5, 0.6) is 0 Å². The second kappa shape index (κ2) is 8.81. The van der Waals surface area contributed by atoms with Gasteiger partial charge < -0.3 is 24.4 Å². The Morgan fingerprint density at radius 1 is 1.34 bits per heavy atom. The molecule has 0 radical (unpaired) electrons. The molecular weight excluding hydrogens is 372 g/mol. The van der Waals surface area contributed by atoms with Crippen molar-refractivity contribution in [2.75, 3.05) is 24.3 Å². The summed E-state index contributed by atoms with van der Waals surface area (Å²) < 4.78 is 11.7. The van der Waals surface area contributed by atoms with E-state index in [-0.39, 0.29) is 11.6 Å². The first-order valence-electron chi connectivity index (χ1n) is 9.64. The molecule has 0 fully saturated rings. The summed E-state index contributed by atoms with van der Waals surface area (Å²) in [4.78, 5) is 29.7. The second-order valence-electron chi connectivity index (χ2n) is 7.13. The molecule has 0 aliphatic rings. The van der Waals surface area contributed by atoms with E-state index >= 15 is 0 Å². The fraction of sp³-hybridized carbons (Fsp3) is 0.381. The number of carbonyl (C=O) groups excluding carboxylic acids is 2. The lowest BCUT2D eigenvalue weighted by Crippen LogP contribution is -2.16. The number of anilines is 2. The van der Waals surface area contributed by atoms with Crippen molar-refractivity contribution in [2.45, 2.75) is 33.7 Å². The fourth-order valence-electron chi connectivity index (χ4n) is 3.15. The van der Waals surface area contributed by atoms with E-state index in [0.717, 1.165) is 18.7 Å². The maximum Gasteiger partial charge on any atom is 0.356 e. The summed E-state index contributed by atoms with van der Waals surface area (Å²) in [6.45, 7) is 7.53. The number of nitrogens with one attached hydrogen (secondary N) is 2. The van der Waals surface area contributed by atoms with Gasteiger partial charge in [0.05, 0.1) is 36.5 Å². The van der Waals surface area contributed by atoms with Crippen LogP contribution in [0.15, 0.2) is 35.3 Å². The lowest BCUT2D eigenvalue weighted by molar-refractivity contribution is 0.0590. The Labute approximate surface area is 169 Å². The van der Waals surface area contributed by atoms with Gasteiger partial charge in [-0.1, -0.05) is 13.8 Å². The molecule has 1 amide bonds. The van der Waals surface area contributed by atoms with Crippen LogP contribution in [0.2, 0.25) is 0 Å². The third kappa shape index (κ3) is 4.26. The Bertz CT molecular complexity index is 1010. The largest absolute Gasteiger partial charge is 0.472 e. The molecule has 3 aromatic rings. The number of hydrogen-bond donors (Lipinski definition) is 2. The van der Waals surface area contributed by atoms with Crippen molar-refractivity contribution in [3.8, 4) is 0 Å². The highest BCUT2D eigenvalue weighted by Crippen LogP contribution is 2.33. The first-order valence-corrected chi connectivity index (χ1v) is 9.64. The molecule has 0 spiro atoms. The number of nitrogens with zero attached hydrogens (tertiary/aromatic N) is 2. The fourth-order valence-corrected chi connectivity index (χ4v) is 3.15. The molecule has 0 saturated carbocycles. The quantitative estimate of drug-likeness (QED) is 0.553. The van der Waals surface area contributed by atoms with Gasteiger partial charge in [0.1, 0.15) is 11.9 Å². The van der Waals surface area contributed by atoms with Crippen LogP contribution in [0.25, 0.3) is 11.0 Å². The predicted octanol–water partition coefficient (Wildman–Crippen LogP) is 4.15. The number of ether oxygens (including phenoxy) is 1. The second-order valence-corrected chi connectivity index (χ2v) is 7.13. The van der Waals surface area contributed by atoms with Crippen LogP contribution >= 0.6 is 0 Å². The van der Waals surface area contributed by atoms with Crippen LogP contribution in [-0.2, 0) is 11.3 Å². The van der Waals surface area contributed by atoms with E-state index < -0.39 is 5.97 Å². The number of rotatable bonds is 8. The minimum atomic E-state index is -0.540. The summed E-state index contributed by atoms with van der Waals surface area (Å²) in [6, 6.07) is 3.45. The summed E-state index contributed by atoms with van der Waals surface area (Å²) in [5, 5.41) is 6.85. The number of hydrogen-bond acceptors (Lipinski definition) is 6. The Morgan fingerprint density at radius 3 is 2.76 bits per heavy atom. The molecule has 0 aliphatic carbocycles. The van der Waals surface area contributed by atoms with E-state index in [1.165, 1.54) is 19.6 Å². The van der Waals surface area contributed by atoms with Crippen LogP contribution in [0.4, 0.5) is 11.4 Å². The number of esters is 1. The highest BCUT2D eigenvalue weighted by Gasteiger charge is 2.26. The van der Waals surface area contributed by atoms with Gasteiger partial charge in [-0.3, -0.25) is 4.79 Å². The summed E-state index contributed by atoms with van der Waals surface area (Å²) >= 11 is 0. The van der Waals surface area contributed by atoms with Crippen LogP contribution in [0.3, 0.4) is 0 Å². The third-order valence-electron chi connectivity index (χ3n) is 4.67. The molecule has 154 valence electrons. The number of pyridine rings is 1. The first-order chi connectivity index (χ1) is 14.0. The molecule has 0 atom stereocenters. The maximum atomic E-state index is 12.6. The standard InChI is InChI=1S/C21H26N4O4/c1-5-25-18(21(27)28-4)17(24-20(26)14-7-9-29-12-14)16-10-15(11-23-19(16)25)22-8-6-13(2)3/h7,9-13,22H,5-6,8H2,1-4H3,(H,24,26). The zero-order valence-electron chi connectivity index (χ0n) is 17.1. The number of aromatic nitrogens is 2. The van der Waals surface area contributed by atoms with Gasteiger partial charge in [0, 0.05) is 18.5 Å². The minimum Gasteiger partial charge on any atom is -0.472 e. The number of aryl methyl sites for hydroxylation is 1. The third-order valence-corrected chi connectivity index (χ3v) is 4.67. The van der Waals surface area contributed by atoms with E-state index in [1.807, 2.05) is 13.0 Å². The molecule has 29 heavy (non-hydrogen) atoms. The van der Waals surface area contributed by atoms with E-state index in [9.17, 15) is 9.59 Å². The number of fused-ring (bicyclic) bond motifs is 1.